The molecule has 0 aliphatic rings. The van der Waals surface area contributed by atoms with E-state index in [0.717, 1.165) is 6.42 Å². The molecule has 0 radical (unpaired) electrons. The first-order chi connectivity index (χ1) is 9.24. The summed E-state index contributed by atoms with van der Waals surface area (Å²) in [4.78, 5) is 28.6. The summed E-state index contributed by atoms with van der Waals surface area (Å²) in [7, 11) is 0. The Hall–Kier alpha value is -1.43. The zero-order valence-corrected chi connectivity index (χ0v) is 13.4. The molecule has 1 aromatic rings. The molecule has 20 heavy (non-hydrogen) atoms. The lowest BCUT2D eigenvalue weighted by atomic mass is 9.99. The lowest BCUT2D eigenvalue weighted by molar-refractivity contribution is -0.158. The minimum atomic E-state index is -0.645. The van der Waals surface area contributed by atoms with Gasteiger partial charge in [0.15, 0.2) is 0 Å². The van der Waals surface area contributed by atoms with E-state index in [1.165, 1.54) is 17.5 Å². The van der Waals surface area contributed by atoms with Crippen LogP contribution in [0.2, 0.25) is 0 Å². The third-order valence-electron chi connectivity index (χ3n) is 2.82. The van der Waals surface area contributed by atoms with Gasteiger partial charge in [0.05, 0.1) is 11.7 Å². The molecule has 0 saturated heterocycles. The van der Waals surface area contributed by atoms with Crippen molar-refractivity contribution >= 4 is 23.2 Å². The van der Waals surface area contributed by atoms with Gasteiger partial charge < -0.3 is 10.1 Å². The van der Waals surface area contributed by atoms with Gasteiger partial charge in [0.25, 0.3) is 5.91 Å². The van der Waals surface area contributed by atoms with E-state index in [4.69, 9.17) is 4.74 Å². The molecule has 1 N–H and O–H groups in total. The zero-order chi connectivity index (χ0) is 15.3. The minimum absolute atomic E-state index is 0.00159. The van der Waals surface area contributed by atoms with Crippen molar-refractivity contribution in [2.75, 3.05) is 0 Å². The third-order valence-corrected chi connectivity index (χ3v) is 3.59. The summed E-state index contributed by atoms with van der Waals surface area (Å²) >= 11 is 1.24. The van der Waals surface area contributed by atoms with Gasteiger partial charge in [0.2, 0.25) is 0 Å². The third kappa shape index (κ3) is 4.92. The Morgan fingerprint density at radius 2 is 2.10 bits per heavy atom. The molecule has 0 spiro atoms. The van der Waals surface area contributed by atoms with E-state index in [0.29, 0.717) is 4.88 Å². The predicted molar refractivity (Wildman–Crippen MR) is 78.7 cm³/mol. The van der Waals surface area contributed by atoms with Gasteiger partial charge in [-0.05, 0) is 26.7 Å². The Kier molecular flexibility index (Phi) is 5.68. The van der Waals surface area contributed by atoms with Crippen molar-refractivity contribution in [2.24, 2.45) is 5.92 Å². The molecular weight excluding hydrogens is 276 g/mol. The number of nitrogens with zero attached hydrogens (tertiary/aromatic N) is 1. The van der Waals surface area contributed by atoms with Gasteiger partial charge in [-0.3, -0.25) is 9.78 Å². The largest absolute Gasteiger partial charge is 0.458 e. The molecule has 2 atom stereocenters. The van der Waals surface area contributed by atoms with Crippen molar-refractivity contribution in [2.45, 2.75) is 52.7 Å². The molecule has 0 aliphatic heterocycles. The van der Waals surface area contributed by atoms with Crippen LogP contribution >= 0.6 is 11.3 Å². The number of amides is 1. The summed E-state index contributed by atoms with van der Waals surface area (Å²) in [5.41, 5.74) is 1.01. The maximum absolute atomic E-state index is 12.2. The van der Waals surface area contributed by atoms with Crippen LogP contribution in [0.3, 0.4) is 0 Å². The molecule has 1 heterocycles. The van der Waals surface area contributed by atoms with Crippen molar-refractivity contribution in [1.29, 1.82) is 0 Å². The number of hydrogen-bond acceptors (Lipinski definition) is 5. The Labute approximate surface area is 123 Å². The Balaban J connectivity index is 2.79. The van der Waals surface area contributed by atoms with E-state index in [-0.39, 0.29) is 11.8 Å². The van der Waals surface area contributed by atoms with Crippen molar-refractivity contribution < 1.29 is 14.3 Å². The summed E-state index contributed by atoms with van der Waals surface area (Å²) in [5.74, 6) is -0.685. The molecule has 6 heteroatoms. The first-order valence-electron chi connectivity index (χ1n) is 6.66. The average Bonchev–Trinajstić information content (AvgIpc) is 2.86. The molecule has 1 amide bonds. The predicted octanol–water partition coefficient (Wildman–Crippen LogP) is 2.63. The molecule has 112 valence electrons. The van der Waals surface area contributed by atoms with Gasteiger partial charge in [0, 0.05) is 0 Å². The Morgan fingerprint density at radius 1 is 1.45 bits per heavy atom. The van der Waals surface area contributed by atoms with E-state index in [1.807, 2.05) is 34.6 Å². The maximum atomic E-state index is 12.2. The summed E-state index contributed by atoms with van der Waals surface area (Å²) < 4.78 is 5.38. The van der Waals surface area contributed by atoms with Crippen LogP contribution < -0.4 is 5.32 Å². The molecule has 0 aliphatic carbocycles. The van der Waals surface area contributed by atoms with Crippen molar-refractivity contribution in [3.8, 4) is 0 Å². The van der Waals surface area contributed by atoms with Crippen molar-refractivity contribution in [3.63, 3.8) is 0 Å². The summed E-state index contributed by atoms with van der Waals surface area (Å²) in [6, 6.07) is -0.645. The number of carbonyl (C=O) groups excluding carboxylic acids is 2. The van der Waals surface area contributed by atoms with Crippen molar-refractivity contribution in [3.05, 3.63) is 16.6 Å². The first kappa shape index (κ1) is 16.6. The van der Waals surface area contributed by atoms with E-state index in [1.54, 1.807) is 5.51 Å². The second kappa shape index (κ2) is 6.83. The van der Waals surface area contributed by atoms with Crippen LogP contribution in [0.15, 0.2) is 11.7 Å². The minimum Gasteiger partial charge on any atom is -0.458 e. The highest BCUT2D eigenvalue weighted by Crippen LogP contribution is 2.16. The van der Waals surface area contributed by atoms with Crippen LogP contribution in [-0.2, 0) is 9.53 Å². The molecule has 0 bridgehead atoms. The van der Waals surface area contributed by atoms with Gasteiger partial charge >= 0.3 is 5.97 Å². The van der Waals surface area contributed by atoms with Crippen LogP contribution in [0.5, 0.6) is 0 Å². The number of thiazole rings is 1. The molecule has 0 saturated carbocycles. The fraction of sp³-hybridized carbons (Fsp3) is 0.643. The lowest BCUT2D eigenvalue weighted by Crippen LogP contribution is -2.47. The fourth-order valence-corrected chi connectivity index (χ4v) is 2.10. The van der Waals surface area contributed by atoms with Gasteiger partial charge in [-0.2, -0.15) is 0 Å². The molecular formula is C14H22N2O3S. The van der Waals surface area contributed by atoms with Crippen LogP contribution in [0.4, 0.5) is 0 Å². The normalized spacial score (nSPS) is 14.4. The highest BCUT2D eigenvalue weighted by Gasteiger charge is 2.30. The quantitative estimate of drug-likeness (QED) is 0.848. The van der Waals surface area contributed by atoms with Gasteiger partial charge in [-0.25, -0.2) is 4.79 Å². The Morgan fingerprint density at radius 3 is 2.55 bits per heavy atom. The van der Waals surface area contributed by atoms with Crippen LogP contribution in [-0.4, -0.2) is 28.5 Å². The van der Waals surface area contributed by atoms with Crippen LogP contribution in [0, 0.1) is 5.92 Å². The highest BCUT2D eigenvalue weighted by molar-refractivity contribution is 7.11. The van der Waals surface area contributed by atoms with E-state index < -0.39 is 17.6 Å². The molecule has 0 aromatic carbocycles. The molecule has 1 aromatic heterocycles. The van der Waals surface area contributed by atoms with Gasteiger partial charge in [0.1, 0.15) is 16.5 Å². The molecule has 0 unspecified atom stereocenters. The second-order valence-electron chi connectivity index (χ2n) is 5.74. The average molecular weight is 298 g/mol. The van der Waals surface area contributed by atoms with Gasteiger partial charge in [-0.15, -0.1) is 11.3 Å². The van der Waals surface area contributed by atoms with E-state index in [2.05, 4.69) is 10.3 Å². The monoisotopic (exact) mass is 298 g/mol. The fourth-order valence-electron chi connectivity index (χ4n) is 1.57. The number of hydrogen-bond donors (Lipinski definition) is 1. The SMILES string of the molecule is CC[C@H](C)[C@H](NC(=O)c1cncs1)C(=O)OC(C)(C)C. The first-order valence-corrected chi connectivity index (χ1v) is 7.54. The smallest absolute Gasteiger partial charge is 0.329 e. The topological polar surface area (TPSA) is 68.3 Å². The van der Waals surface area contributed by atoms with E-state index in [9.17, 15) is 9.59 Å². The molecule has 5 nitrogen and oxygen atoms in total. The van der Waals surface area contributed by atoms with Crippen LogP contribution in [0.25, 0.3) is 0 Å². The number of aromatic nitrogens is 1. The number of ether oxygens (including phenoxy) is 1. The summed E-state index contributed by atoms with van der Waals surface area (Å²) in [6.45, 7) is 9.32. The Bertz CT molecular complexity index is 451. The van der Waals surface area contributed by atoms with Crippen molar-refractivity contribution in [1.82, 2.24) is 10.3 Å². The number of rotatable bonds is 5. The second-order valence-corrected chi connectivity index (χ2v) is 6.62. The lowest BCUT2D eigenvalue weighted by Gasteiger charge is -2.27. The van der Waals surface area contributed by atoms with E-state index >= 15 is 0 Å². The number of nitrogens with one attached hydrogen (secondary N) is 1. The summed E-state index contributed by atoms with van der Waals surface area (Å²) in [6.07, 6.45) is 2.26. The maximum Gasteiger partial charge on any atom is 0.329 e. The zero-order valence-electron chi connectivity index (χ0n) is 12.6. The molecule has 0 fully saturated rings. The summed E-state index contributed by atoms with van der Waals surface area (Å²) in [5, 5.41) is 2.75. The van der Waals surface area contributed by atoms with Gasteiger partial charge in [-0.1, -0.05) is 20.3 Å². The highest BCUT2D eigenvalue weighted by atomic mass is 32.1. The number of carbonyl (C=O) groups is 2. The standard InChI is InChI=1S/C14H22N2O3S/c1-6-9(2)11(13(18)19-14(3,4)5)16-12(17)10-7-15-8-20-10/h7-9,11H,6H2,1-5H3,(H,16,17)/t9-,11-/m0/s1. The van der Waals surface area contributed by atoms with Crippen LogP contribution in [0.1, 0.15) is 50.7 Å². The number of esters is 1. The molecule has 1 rings (SSSR count).